The quantitative estimate of drug-likeness (QED) is 0.0458. The van der Waals surface area contributed by atoms with Gasteiger partial charge in [0.25, 0.3) is 0 Å². The number of rotatable bonds is 27. The van der Waals surface area contributed by atoms with E-state index in [0.717, 1.165) is 148 Å². The van der Waals surface area contributed by atoms with Crippen LogP contribution in [0.2, 0.25) is 0 Å². The molecule has 680 valence electrons. The van der Waals surface area contributed by atoms with Gasteiger partial charge in [0.1, 0.15) is 23.9 Å². The first kappa shape index (κ1) is 126. The van der Waals surface area contributed by atoms with Crippen molar-refractivity contribution in [1.29, 1.82) is 0 Å². The van der Waals surface area contributed by atoms with Crippen molar-refractivity contribution in [1.82, 2.24) is 0 Å². The third kappa shape index (κ3) is 69.2. The summed E-state index contributed by atoms with van der Waals surface area (Å²) in [5.74, 6) is 9.41. The van der Waals surface area contributed by atoms with Crippen molar-refractivity contribution in [2.45, 2.75) is 345 Å². The Morgan fingerprint density at radius 1 is 0.402 bits per heavy atom. The Balaban J connectivity index is -0.000000190. The van der Waals surface area contributed by atoms with E-state index in [2.05, 4.69) is 173 Å². The molecule has 4 aliphatic rings. The molecule has 0 unspecified atom stereocenters. The SMILES string of the molecule is C.C.C.C.C.C.C.C.C.CC(C)C1CCOCC1.CC(C)CC1CCOCC1.CC(C)CCc1ccc(O)c(F)c1.CC(C)CCc1ccc(O)cc1.CC(C)CCc1ccc(OCc2ccccc2)cc1.CC(C)C[C@@H]1CCCO1.CC(C)C[C@H]1CCCO1.CC(C)Cc1ccc(CC(=O)O)cc1.COc1ccc(CCC(C)C)cc1. The molecular formula is C106H189FO10. The van der Waals surface area contributed by atoms with Crippen LogP contribution in [0.1, 0.15) is 327 Å². The van der Waals surface area contributed by atoms with E-state index in [9.17, 15) is 9.18 Å². The summed E-state index contributed by atoms with van der Waals surface area (Å²) >= 11 is 0. The molecule has 4 saturated heterocycles. The number of aromatic hydroxyl groups is 2. The van der Waals surface area contributed by atoms with Gasteiger partial charge in [-0.2, -0.15) is 0 Å². The van der Waals surface area contributed by atoms with Crippen LogP contribution < -0.4 is 9.47 Å². The van der Waals surface area contributed by atoms with Crippen molar-refractivity contribution in [2.75, 3.05) is 46.8 Å². The molecule has 117 heavy (non-hydrogen) atoms. The number of aliphatic carboxylic acids is 1. The lowest BCUT2D eigenvalue weighted by atomic mass is 9.89. The minimum absolute atomic E-state index is 0. The molecular weight excluding hydrogens is 1450 g/mol. The maximum absolute atomic E-state index is 12.9. The van der Waals surface area contributed by atoms with Gasteiger partial charge in [-0.15, -0.1) is 0 Å². The zero-order chi connectivity index (χ0) is 80.0. The lowest BCUT2D eigenvalue weighted by Gasteiger charge is -2.24. The summed E-state index contributed by atoms with van der Waals surface area (Å²) in [5.41, 5.74) is 8.38. The van der Waals surface area contributed by atoms with Crippen molar-refractivity contribution in [3.63, 3.8) is 0 Å². The summed E-state index contributed by atoms with van der Waals surface area (Å²) in [4.78, 5) is 10.4. The maximum Gasteiger partial charge on any atom is 0.307 e. The van der Waals surface area contributed by atoms with Gasteiger partial charge in [-0.05, 0) is 281 Å². The lowest BCUT2D eigenvalue weighted by Crippen LogP contribution is -2.19. The number of aryl methyl sites for hydroxylation is 4. The fraction of sp³-hybridized carbons (Fsp3) is 0.651. The molecule has 3 N–H and O–H groups in total. The fourth-order valence-electron chi connectivity index (χ4n) is 12.7. The molecule has 6 aromatic rings. The summed E-state index contributed by atoms with van der Waals surface area (Å²) in [6, 6.07) is 46.9. The van der Waals surface area contributed by atoms with Gasteiger partial charge in [0.05, 0.1) is 25.7 Å². The van der Waals surface area contributed by atoms with Gasteiger partial charge in [0.2, 0.25) is 0 Å². The van der Waals surface area contributed by atoms with Gasteiger partial charge in [-0.1, -0.05) is 289 Å². The predicted molar refractivity (Wildman–Crippen MR) is 514 cm³/mol. The molecule has 2 atom stereocenters. The van der Waals surface area contributed by atoms with E-state index in [-0.39, 0.29) is 79.0 Å². The van der Waals surface area contributed by atoms with E-state index in [0.29, 0.717) is 36.4 Å². The lowest BCUT2D eigenvalue weighted by molar-refractivity contribution is -0.136. The van der Waals surface area contributed by atoms with Gasteiger partial charge in [0, 0.05) is 39.6 Å². The normalized spacial score (nSPS) is 14.3. The number of carboxylic acid groups (broad SMARTS) is 1. The number of methoxy groups -OCH3 is 1. The van der Waals surface area contributed by atoms with Crippen LogP contribution in [0.15, 0.2) is 146 Å². The highest BCUT2D eigenvalue weighted by Crippen LogP contribution is 2.26. The number of benzene rings is 6. The van der Waals surface area contributed by atoms with E-state index in [1.165, 1.54) is 136 Å². The summed E-state index contributed by atoms with van der Waals surface area (Å²) in [5, 5.41) is 26.6. The first-order chi connectivity index (χ1) is 51.5. The Morgan fingerprint density at radius 2 is 0.769 bits per heavy atom. The van der Waals surface area contributed by atoms with Crippen molar-refractivity contribution in [3.8, 4) is 23.0 Å². The maximum atomic E-state index is 12.9. The Hall–Kier alpha value is -6.24. The Bertz CT molecular complexity index is 3040. The topological polar surface area (TPSA) is 133 Å². The molecule has 0 spiro atoms. The summed E-state index contributed by atoms with van der Waals surface area (Å²) in [7, 11) is 1.70. The molecule has 4 fully saturated rings. The van der Waals surface area contributed by atoms with Gasteiger partial charge >= 0.3 is 5.97 Å². The Kier molecular flexibility index (Phi) is 83.3. The van der Waals surface area contributed by atoms with Gasteiger partial charge in [-0.3, -0.25) is 4.79 Å². The number of hydrogen-bond acceptors (Lipinski definition) is 9. The molecule has 4 aliphatic heterocycles. The van der Waals surface area contributed by atoms with Crippen molar-refractivity contribution in [2.24, 2.45) is 65.1 Å². The summed E-state index contributed by atoms with van der Waals surface area (Å²) in [6.07, 6.45) is 25.5. The minimum atomic E-state index is -0.776. The van der Waals surface area contributed by atoms with Gasteiger partial charge in [0.15, 0.2) is 11.6 Å². The molecule has 10 nitrogen and oxygen atoms in total. The van der Waals surface area contributed by atoms with Crippen molar-refractivity contribution < 1.29 is 52.9 Å². The van der Waals surface area contributed by atoms with Crippen LogP contribution in [-0.4, -0.2) is 80.2 Å². The molecule has 0 bridgehead atoms. The van der Waals surface area contributed by atoms with Crippen molar-refractivity contribution in [3.05, 3.63) is 190 Å². The molecule has 10 rings (SSSR count). The second kappa shape index (κ2) is 77.1. The number of carbonyl (C=O) groups is 1. The summed E-state index contributed by atoms with van der Waals surface area (Å²) < 4.78 is 45.2. The average Bonchev–Trinajstić information content (AvgIpc) is 1.73. The number of phenolic OH excluding ortho intramolecular Hbond substituents is 2. The first-order valence-electron chi connectivity index (χ1n) is 41.8. The second-order valence-corrected chi connectivity index (χ2v) is 33.8. The van der Waals surface area contributed by atoms with Crippen LogP contribution in [0.5, 0.6) is 23.0 Å². The standard InChI is InChI=1S/C18H22O.C12H16O2.C12H18O.C11H15FO.C11H16O.C9H18O.3C8H16O.9CH4/c1-15(2)8-9-16-10-12-18(13-11-16)19-14-17-6-4-3-5-7-17;1-9(2)7-10-3-5-11(6-4-10)8-12(13)14;1-10(2)4-5-11-6-8-12(13-3)9-7-11;1-8(2)3-4-9-5-6-11(13)10(12)7-9;1-9(2)3-4-10-5-7-11(12)8-6-10;1-8(2)7-9-3-5-10-6-4-9;1-7(2)8-3-5-9-6-4-8;2*1-7(2)6-8-4-3-5-9-8;;;;;;;;;/h3-7,10-13,15H,8-9,14H2,1-2H3;3-6,9H,7-8H2,1-2H3,(H,13,14);6-10H,4-5H2,1-3H3;5-8,13H,3-4H2,1-2H3;5-9,12H,3-4H2,1-2H3;8-9H,3-7H2,1-2H3;3*7-8H,3-6H2,1-2H3;9*1H4/t;;;;;;;2*8-;;;;;;;;;/m.......10........./s1. The van der Waals surface area contributed by atoms with Gasteiger partial charge < -0.3 is 43.7 Å². The summed E-state index contributed by atoms with van der Waals surface area (Å²) in [6.45, 7) is 46.9. The van der Waals surface area contributed by atoms with E-state index >= 15 is 0 Å². The average molecular weight is 1640 g/mol. The number of halogens is 1. The smallest absolute Gasteiger partial charge is 0.307 e. The number of phenols is 2. The van der Waals surface area contributed by atoms with Crippen LogP contribution in [0, 0.1) is 70.9 Å². The molecule has 4 heterocycles. The third-order valence-corrected chi connectivity index (χ3v) is 19.2. The zero-order valence-corrected chi connectivity index (χ0v) is 71.2. The van der Waals surface area contributed by atoms with Crippen LogP contribution in [0.4, 0.5) is 4.39 Å². The molecule has 0 radical (unpaired) electrons. The van der Waals surface area contributed by atoms with Crippen LogP contribution >= 0.6 is 0 Å². The van der Waals surface area contributed by atoms with E-state index in [1.807, 2.05) is 66.7 Å². The Labute approximate surface area is 725 Å². The van der Waals surface area contributed by atoms with Crippen LogP contribution in [0.3, 0.4) is 0 Å². The number of ether oxygens (including phenoxy) is 6. The third-order valence-electron chi connectivity index (χ3n) is 19.2. The van der Waals surface area contributed by atoms with Crippen LogP contribution in [0.25, 0.3) is 0 Å². The molecule has 0 aliphatic carbocycles. The molecule has 11 heteroatoms. The number of carboxylic acids is 1. The van der Waals surface area contributed by atoms with E-state index in [1.54, 1.807) is 25.3 Å². The molecule has 0 aromatic heterocycles. The predicted octanol–water partition coefficient (Wildman–Crippen LogP) is 31.4. The molecule has 6 aromatic carbocycles. The van der Waals surface area contributed by atoms with E-state index < -0.39 is 11.8 Å². The fourth-order valence-corrected chi connectivity index (χ4v) is 12.7. The van der Waals surface area contributed by atoms with Crippen LogP contribution in [-0.2, 0) is 68.9 Å². The largest absolute Gasteiger partial charge is 0.508 e. The first-order valence-corrected chi connectivity index (χ1v) is 41.8. The monoisotopic (exact) mass is 1640 g/mol. The highest BCUT2D eigenvalue weighted by molar-refractivity contribution is 5.70. The zero-order valence-electron chi connectivity index (χ0n) is 71.2. The highest BCUT2D eigenvalue weighted by atomic mass is 19.1. The Morgan fingerprint density at radius 3 is 1.11 bits per heavy atom. The number of hydrogen-bond donors (Lipinski definition) is 3. The minimum Gasteiger partial charge on any atom is -0.508 e. The van der Waals surface area contributed by atoms with Gasteiger partial charge in [-0.25, -0.2) is 4.39 Å². The second-order valence-electron chi connectivity index (χ2n) is 33.8. The van der Waals surface area contributed by atoms with E-state index in [4.69, 9.17) is 43.7 Å². The molecule has 0 amide bonds. The molecule has 0 saturated carbocycles. The highest BCUT2D eigenvalue weighted by Gasteiger charge is 2.19. The van der Waals surface area contributed by atoms with Crippen molar-refractivity contribution >= 4 is 5.97 Å².